The molecular formula is C17H14N4O4S. The predicted octanol–water partition coefficient (Wildman–Crippen LogP) is 2.52. The van der Waals surface area contributed by atoms with Crippen molar-refractivity contribution in [3.05, 3.63) is 63.4 Å². The lowest BCUT2D eigenvalue weighted by atomic mass is 10.1. The molecule has 132 valence electrons. The van der Waals surface area contributed by atoms with Crippen LogP contribution in [0.15, 0.2) is 46.7 Å². The molecule has 0 saturated carbocycles. The zero-order chi connectivity index (χ0) is 18.7. The van der Waals surface area contributed by atoms with Crippen LogP contribution in [0.1, 0.15) is 15.9 Å². The topological polar surface area (TPSA) is 127 Å². The molecule has 0 unspecified atom stereocenters. The van der Waals surface area contributed by atoms with Crippen LogP contribution < -0.4 is 21.3 Å². The summed E-state index contributed by atoms with van der Waals surface area (Å²) < 4.78 is 5.14. The van der Waals surface area contributed by atoms with E-state index in [1.54, 1.807) is 23.6 Å². The minimum Gasteiger partial charge on any atom is -0.390 e. The highest BCUT2D eigenvalue weighted by molar-refractivity contribution is 7.13. The summed E-state index contributed by atoms with van der Waals surface area (Å²) in [5, 5.41) is 4.63. The van der Waals surface area contributed by atoms with Crippen LogP contribution in [0.5, 0.6) is 5.88 Å². The van der Waals surface area contributed by atoms with Crippen LogP contribution in [0, 0.1) is 6.92 Å². The van der Waals surface area contributed by atoms with E-state index in [9.17, 15) is 14.4 Å². The van der Waals surface area contributed by atoms with E-state index in [4.69, 9.17) is 10.5 Å². The van der Waals surface area contributed by atoms with E-state index in [0.717, 1.165) is 5.56 Å². The Hall–Kier alpha value is -3.46. The van der Waals surface area contributed by atoms with Crippen molar-refractivity contribution in [1.29, 1.82) is 0 Å². The number of nitrogens with two attached hydrogens (primary N) is 1. The Kier molecular flexibility index (Phi) is 4.81. The van der Waals surface area contributed by atoms with E-state index in [1.165, 1.54) is 29.7 Å². The maximum atomic E-state index is 12.1. The van der Waals surface area contributed by atoms with Crippen molar-refractivity contribution in [3.63, 3.8) is 0 Å². The van der Waals surface area contributed by atoms with E-state index < -0.39 is 12.0 Å². The standard InChI is InChI=1S/C17H14N4O4S/c1-9-2-4-11(15(18)23)12(6-9)20-17(24)25-14-8-26-16(21-14)10-3-5-13(22)19-7-10/h2-8H,1H3,(H2,18,23)(H,19,22)(H,20,24). The number of hydrogen-bond donors (Lipinski definition) is 3. The molecule has 2 amide bonds. The van der Waals surface area contributed by atoms with Gasteiger partial charge in [-0.3, -0.25) is 14.9 Å². The summed E-state index contributed by atoms with van der Waals surface area (Å²) in [6.07, 6.45) is 0.730. The highest BCUT2D eigenvalue weighted by Crippen LogP contribution is 2.26. The van der Waals surface area contributed by atoms with Crippen LogP contribution in [0.3, 0.4) is 0 Å². The Labute approximate surface area is 151 Å². The van der Waals surface area contributed by atoms with Crippen LogP contribution in [-0.2, 0) is 0 Å². The van der Waals surface area contributed by atoms with Gasteiger partial charge in [-0.05, 0) is 30.7 Å². The molecule has 26 heavy (non-hydrogen) atoms. The number of carbonyl (C=O) groups excluding carboxylic acids is 2. The number of aromatic amines is 1. The summed E-state index contributed by atoms with van der Waals surface area (Å²) >= 11 is 1.26. The highest BCUT2D eigenvalue weighted by Gasteiger charge is 2.14. The number of anilines is 1. The van der Waals surface area contributed by atoms with Crippen molar-refractivity contribution in [2.24, 2.45) is 5.73 Å². The zero-order valence-corrected chi connectivity index (χ0v) is 14.4. The van der Waals surface area contributed by atoms with E-state index in [0.29, 0.717) is 10.6 Å². The summed E-state index contributed by atoms with van der Waals surface area (Å²) in [6, 6.07) is 7.87. The third-order valence-electron chi connectivity index (χ3n) is 3.39. The van der Waals surface area contributed by atoms with Gasteiger partial charge in [-0.2, -0.15) is 0 Å². The first kappa shape index (κ1) is 17.4. The normalized spacial score (nSPS) is 10.3. The molecular weight excluding hydrogens is 356 g/mol. The summed E-state index contributed by atoms with van der Waals surface area (Å²) in [7, 11) is 0. The van der Waals surface area contributed by atoms with Gasteiger partial charge in [-0.1, -0.05) is 6.07 Å². The second-order valence-corrected chi connectivity index (χ2v) is 6.22. The number of pyridine rings is 1. The lowest BCUT2D eigenvalue weighted by Crippen LogP contribution is -2.21. The van der Waals surface area contributed by atoms with Gasteiger partial charge in [0.15, 0.2) is 0 Å². The number of nitrogens with zero attached hydrogens (tertiary/aromatic N) is 1. The van der Waals surface area contributed by atoms with Crippen molar-refractivity contribution in [1.82, 2.24) is 9.97 Å². The first-order chi connectivity index (χ1) is 12.4. The number of H-pyrrole nitrogens is 1. The quantitative estimate of drug-likeness (QED) is 0.650. The average Bonchev–Trinajstić information content (AvgIpc) is 3.03. The fourth-order valence-corrected chi connectivity index (χ4v) is 2.91. The number of thiazole rings is 1. The molecule has 0 aliphatic heterocycles. The van der Waals surface area contributed by atoms with Gasteiger partial charge in [0.2, 0.25) is 11.4 Å². The number of nitrogens with one attached hydrogen (secondary N) is 2. The number of hydrogen-bond acceptors (Lipinski definition) is 6. The van der Waals surface area contributed by atoms with Crippen molar-refractivity contribution in [2.45, 2.75) is 6.92 Å². The molecule has 3 rings (SSSR count). The van der Waals surface area contributed by atoms with Crippen molar-refractivity contribution in [2.75, 3.05) is 5.32 Å². The van der Waals surface area contributed by atoms with Crippen molar-refractivity contribution in [3.8, 4) is 16.5 Å². The molecule has 2 heterocycles. The van der Waals surface area contributed by atoms with E-state index >= 15 is 0 Å². The van der Waals surface area contributed by atoms with Crippen LogP contribution in [0.2, 0.25) is 0 Å². The highest BCUT2D eigenvalue weighted by atomic mass is 32.1. The molecule has 0 atom stereocenters. The number of amides is 2. The van der Waals surface area contributed by atoms with Gasteiger partial charge in [-0.25, -0.2) is 9.78 Å². The molecule has 3 aromatic rings. The minimum absolute atomic E-state index is 0.0991. The fraction of sp³-hybridized carbons (Fsp3) is 0.0588. The Bertz CT molecular complexity index is 1020. The van der Waals surface area contributed by atoms with Gasteiger partial charge in [0.25, 0.3) is 5.91 Å². The fourth-order valence-electron chi connectivity index (χ4n) is 2.19. The maximum absolute atomic E-state index is 12.1. The lowest BCUT2D eigenvalue weighted by molar-refractivity contribution is 0.100. The van der Waals surface area contributed by atoms with Crippen molar-refractivity contribution < 1.29 is 14.3 Å². The average molecular weight is 370 g/mol. The van der Waals surface area contributed by atoms with Gasteiger partial charge >= 0.3 is 6.09 Å². The third-order valence-corrected chi connectivity index (χ3v) is 4.26. The van der Waals surface area contributed by atoms with Crippen LogP contribution in [-0.4, -0.2) is 22.0 Å². The SMILES string of the molecule is Cc1ccc(C(N)=O)c(NC(=O)Oc2csc(-c3ccc(=O)[nH]c3)n2)c1. The van der Waals surface area contributed by atoms with Gasteiger partial charge < -0.3 is 15.5 Å². The third kappa shape index (κ3) is 3.95. The van der Waals surface area contributed by atoms with Crippen LogP contribution >= 0.6 is 11.3 Å². The molecule has 9 heteroatoms. The maximum Gasteiger partial charge on any atom is 0.418 e. The molecule has 8 nitrogen and oxygen atoms in total. The van der Waals surface area contributed by atoms with E-state index in [1.807, 2.05) is 6.92 Å². The number of primary amides is 1. The molecule has 4 N–H and O–H groups in total. The number of carbonyl (C=O) groups is 2. The van der Waals surface area contributed by atoms with E-state index in [2.05, 4.69) is 15.3 Å². The van der Waals surface area contributed by atoms with Crippen molar-refractivity contribution >= 4 is 29.0 Å². The monoisotopic (exact) mass is 370 g/mol. The largest absolute Gasteiger partial charge is 0.418 e. The van der Waals surface area contributed by atoms with Crippen LogP contribution in [0.4, 0.5) is 10.5 Å². The minimum atomic E-state index is -0.795. The van der Waals surface area contributed by atoms with Gasteiger partial charge in [0.1, 0.15) is 5.01 Å². The number of rotatable bonds is 4. The Morgan fingerprint density at radius 1 is 1.27 bits per heavy atom. The van der Waals surface area contributed by atoms with Gasteiger partial charge in [-0.15, -0.1) is 11.3 Å². The first-order valence-corrected chi connectivity index (χ1v) is 8.34. The Morgan fingerprint density at radius 2 is 2.08 bits per heavy atom. The van der Waals surface area contributed by atoms with Gasteiger partial charge in [0, 0.05) is 17.8 Å². The predicted molar refractivity (Wildman–Crippen MR) is 97.5 cm³/mol. The number of ether oxygens (including phenoxy) is 1. The molecule has 0 radical (unpaired) electrons. The molecule has 0 saturated heterocycles. The molecule has 2 aromatic heterocycles. The first-order valence-electron chi connectivity index (χ1n) is 7.46. The Balaban J connectivity index is 1.73. The number of aryl methyl sites for hydroxylation is 1. The van der Waals surface area contributed by atoms with Gasteiger partial charge in [0.05, 0.1) is 16.6 Å². The lowest BCUT2D eigenvalue weighted by Gasteiger charge is -2.09. The molecule has 0 fully saturated rings. The number of benzene rings is 1. The van der Waals surface area contributed by atoms with E-state index in [-0.39, 0.29) is 22.7 Å². The summed E-state index contributed by atoms with van der Waals surface area (Å²) in [5.41, 5.74) is 7.07. The second kappa shape index (κ2) is 7.19. The second-order valence-electron chi connectivity index (χ2n) is 5.36. The summed E-state index contributed by atoms with van der Waals surface area (Å²) in [4.78, 5) is 41.4. The zero-order valence-electron chi connectivity index (χ0n) is 13.6. The van der Waals surface area contributed by atoms with Crippen LogP contribution in [0.25, 0.3) is 10.6 Å². The number of aromatic nitrogens is 2. The Morgan fingerprint density at radius 3 is 2.77 bits per heavy atom. The summed E-state index contributed by atoms with van der Waals surface area (Å²) in [6.45, 7) is 1.82. The molecule has 0 aliphatic rings. The molecule has 0 bridgehead atoms. The smallest absolute Gasteiger partial charge is 0.390 e. The molecule has 1 aromatic carbocycles. The summed E-state index contributed by atoms with van der Waals surface area (Å²) in [5.74, 6) is -0.559. The molecule has 0 spiro atoms. The molecule has 0 aliphatic carbocycles.